The fourth-order valence-corrected chi connectivity index (χ4v) is 1.69. The van der Waals surface area contributed by atoms with Crippen molar-refractivity contribution in [1.82, 2.24) is 10.3 Å². The fourth-order valence-electron chi connectivity index (χ4n) is 1.69. The Morgan fingerprint density at radius 1 is 1.44 bits per heavy atom. The summed E-state index contributed by atoms with van der Waals surface area (Å²) in [5, 5.41) is 3.38. The number of rotatable bonds is 4. The lowest BCUT2D eigenvalue weighted by Crippen LogP contribution is -3.00. The Labute approximate surface area is 109 Å². The molecular weight excluding hydrogens is 247 g/mol. The van der Waals surface area contributed by atoms with Crippen LogP contribution in [-0.4, -0.2) is 24.2 Å². The molecular formula is C11H16Cl2N2O-2. The Morgan fingerprint density at radius 2 is 2.31 bits per heavy atom. The van der Waals surface area contributed by atoms with Crippen molar-refractivity contribution >= 4 is 0 Å². The molecule has 0 aliphatic carbocycles. The molecule has 92 valence electrons. The van der Waals surface area contributed by atoms with Crippen molar-refractivity contribution < 1.29 is 29.6 Å². The molecule has 1 saturated heterocycles. The van der Waals surface area contributed by atoms with E-state index in [0.29, 0.717) is 6.10 Å². The second-order valence-corrected chi connectivity index (χ2v) is 3.63. The van der Waals surface area contributed by atoms with Crippen LogP contribution in [0.15, 0.2) is 24.5 Å². The van der Waals surface area contributed by atoms with Gasteiger partial charge in [-0.1, -0.05) is 6.07 Å². The Balaban J connectivity index is 0.00000112. The van der Waals surface area contributed by atoms with Gasteiger partial charge in [-0.3, -0.25) is 4.98 Å². The summed E-state index contributed by atoms with van der Waals surface area (Å²) in [4.78, 5) is 4.06. The zero-order valence-electron chi connectivity index (χ0n) is 9.03. The normalized spacial score (nSPS) is 18.6. The Kier molecular flexibility index (Phi) is 8.57. The van der Waals surface area contributed by atoms with Gasteiger partial charge >= 0.3 is 0 Å². The van der Waals surface area contributed by atoms with Crippen LogP contribution in [0.3, 0.4) is 0 Å². The van der Waals surface area contributed by atoms with Crippen LogP contribution < -0.4 is 30.1 Å². The number of halogens is 2. The smallest absolute Gasteiger partial charge is 0.0700 e. The second-order valence-electron chi connectivity index (χ2n) is 3.63. The van der Waals surface area contributed by atoms with Gasteiger partial charge in [-0.05, 0) is 24.5 Å². The molecule has 0 aromatic carbocycles. The molecule has 0 spiro atoms. The van der Waals surface area contributed by atoms with Crippen LogP contribution >= 0.6 is 0 Å². The standard InChI is InChI=1S/C11H16N2O.2ClH/c1-3-10(7-12-5-1)8-13-9-11-4-2-6-14-11;;/h1,3,5,7,11,13H,2,4,6,8-9H2;2*1H/p-2. The van der Waals surface area contributed by atoms with Crippen molar-refractivity contribution in [1.29, 1.82) is 0 Å². The van der Waals surface area contributed by atoms with Crippen LogP contribution in [0.25, 0.3) is 0 Å². The van der Waals surface area contributed by atoms with E-state index in [4.69, 9.17) is 4.74 Å². The largest absolute Gasteiger partial charge is 1.00 e. The highest BCUT2D eigenvalue weighted by molar-refractivity contribution is 5.07. The van der Waals surface area contributed by atoms with E-state index in [9.17, 15) is 0 Å². The molecule has 1 aliphatic rings. The Morgan fingerprint density at radius 3 is 2.94 bits per heavy atom. The third-order valence-corrected chi connectivity index (χ3v) is 2.45. The fraction of sp³-hybridized carbons (Fsp3) is 0.545. The average Bonchev–Trinajstić information content (AvgIpc) is 2.72. The molecule has 2 heterocycles. The first-order valence-corrected chi connectivity index (χ1v) is 5.16. The molecule has 1 unspecified atom stereocenters. The highest BCUT2D eigenvalue weighted by Crippen LogP contribution is 2.10. The van der Waals surface area contributed by atoms with Gasteiger partial charge in [0.25, 0.3) is 0 Å². The number of nitrogens with one attached hydrogen (secondary N) is 1. The predicted octanol–water partition coefficient (Wildman–Crippen LogP) is -4.64. The van der Waals surface area contributed by atoms with E-state index in [2.05, 4.69) is 16.4 Å². The zero-order chi connectivity index (χ0) is 9.64. The molecule has 0 saturated carbocycles. The van der Waals surface area contributed by atoms with E-state index in [1.165, 1.54) is 18.4 Å². The van der Waals surface area contributed by atoms with Gasteiger partial charge in [0.1, 0.15) is 0 Å². The van der Waals surface area contributed by atoms with Gasteiger partial charge in [-0.25, -0.2) is 0 Å². The van der Waals surface area contributed by atoms with Crippen LogP contribution in [0.1, 0.15) is 18.4 Å². The van der Waals surface area contributed by atoms with Crippen molar-refractivity contribution in [3.8, 4) is 0 Å². The maximum Gasteiger partial charge on any atom is 0.0700 e. The summed E-state index contributed by atoms with van der Waals surface area (Å²) in [7, 11) is 0. The minimum absolute atomic E-state index is 0. The first-order chi connectivity index (χ1) is 6.95. The molecule has 0 radical (unpaired) electrons. The number of hydrogen-bond acceptors (Lipinski definition) is 3. The monoisotopic (exact) mass is 262 g/mol. The van der Waals surface area contributed by atoms with Crippen molar-refractivity contribution in [3.63, 3.8) is 0 Å². The molecule has 1 aromatic rings. The maximum absolute atomic E-state index is 5.51. The Hall–Kier alpha value is -0.350. The SMILES string of the molecule is [Cl-].[Cl-].c1cncc(CNCC2CCCO2)c1. The van der Waals surface area contributed by atoms with Gasteiger partial charge < -0.3 is 34.9 Å². The molecule has 1 N–H and O–H groups in total. The number of ether oxygens (including phenoxy) is 1. The third kappa shape index (κ3) is 5.12. The van der Waals surface area contributed by atoms with Crippen molar-refractivity contribution in [3.05, 3.63) is 30.1 Å². The van der Waals surface area contributed by atoms with Gasteiger partial charge in [0.05, 0.1) is 6.10 Å². The lowest BCUT2D eigenvalue weighted by molar-refractivity contribution is -0.00100. The molecule has 0 amide bonds. The van der Waals surface area contributed by atoms with Gasteiger partial charge in [0, 0.05) is 32.1 Å². The second kappa shape index (κ2) is 8.76. The van der Waals surface area contributed by atoms with Gasteiger partial charge in [0.2, 0.25) is 0 Å². The number of pyridine rings is 1. The number of aromatic nitrogens is 1. The van der Waals surface area contributed by atoms with Crippen molar-refractivity contribution in [2.75, 3.05) is 13.2 Å². The van der Waals surface area contributed by atoms with E-state index in [-0.39, 0.29) is 24.8 Å². The van der Waals surface area contributed by atoms with Crippen LogP contribution in [0.2, 0.25) is 0 Å². The molecule has 0 bridgehead atoms. The summed E-state index contributed by atoms with van der Waals surface area (Å²) in [6, 6.07) is 4.04. The van der Waals surface area contributed by atoms with Crippen LogP contribution in [0, 0.1) is 0 Å². The minimum Gasteiger partial charge on any atom is -1.00 e. The predicted molar refractivity (Wildman–Crippen MR) is 54.9 cm³/mol. The quantitative estimate of drug-likeness (QED) is 0.593. The lowest BCUT2D eigenvalue weighted by atomic mass is 10.2. The third-order valence-electron chi connectivity index (χ3n) is 2.45. The van der Waals surface area contributed by atoms with E-state index in [0.717, 1.165) is 19.7 Å². The molecule has 1 aliphatic heterocycles. The highest BCUT2D eigenvalue weighted by Gasteiger charge is 2.14. The summed E-state index contributed by atoms with van der Waals surface area (Å²) >= 11 is 0. The highest BCUT2D eigenvalue weighted by atomic mass is 35.5. The van der Waals surface area contributed by atoms with Crippen molar-refractivity contribution in [2.45, 2.75) is 25.5 Å². The molecule has 1 aromatic heterocycles. The van der Waals surface area contributed by atoms with Gasteiger partial charge in [0.15, 0.2) is 0 Å². The lowest BCUT2D eigenvalue weighted by Gasteiger charge is -2.10. The number of hydrogen-bond donors (Lipinski definition) is 1. The molecule has 2 rings (SSSR count). The van der Waals surface area contributed by atoms with Crippen LogP contribution in [0.5, 0.6) is 0 Å². The van der Waals surface area contributed by atoms with E-state index < -0.39 is 0 Å². The van der Waals surface area contributed by atoms with Gasteiger partial charge in [-0.2, -0.15) is 0 Å². The summed E-state index contributed by atoms with van der Waals surface area (Å²) in [6.07, 6.45) is 6.51. The van der Waals surface area contributed by atoms with E-state index >= 15 is 0 Å². The number of nitrogens with zero attached hydrogens (tertiary/aromatic N) is 1. The molecule has 3 nitrogen and oxygen atoms in total. The Bertz CT molecular complexity index is 266. The summed E-state index contributed by atoms with van der Waals surface area (Å²) < 4.78 is 5.51. The molecule has 5 heteroatoms. The summed E-state index contributed by atoms with van der Waals surface area (Å²) in [5.41, 5.74) is 1.23. The average molecular weight is 263 g/mol. The molecule has 16 heavy (non-hydrogen) atoms. The van der Waals surface area contributed by atoms with Crippen molar-refractivity contribution in [2.24, 2.45) is 0 Å². The summed E-state index contributed by atoms with van der Waals surface area (Å²) in [5.74, 6) is 0. The molecule has 1 fully saturated rings. The zero-order valence-corrected chi connectivity index (χ0v) is 10.5. The summed E-state index contributed by atoms with van der Waals surface area (Å²) in [6.45, 7) is 2.77. The van der Waals surface area contributed by atoms with Crippen LogP contribution in [0.4, 0.5) is 0 Å². The maximum atomic E-state index is 5.51. The first-order valence-electron chi connectivity index (χ1n) is 5.16. The van der Waals surface area contributed by atoms with Crippen LogP contribution in [-0.2, 0) is 11.3 Å². The first kappa shape index (κ1) is 15.7. The van der Waals surface area contributed by atoms with E-state index in [1.807, 2.05) is 12.3 Å². The van der Waals surface area contributed by atoms with E-state index in [1.54, 1.807) is 6.20 Å². The molecule has 1 atom stereocenters. The topological polar surface area (TPSA) is 34.2 Å². The van der Waals surface area contributed by atoms with Gasteiger partial charge in [-0.15, -0.1) is 0 Å². The minimum atomic E-state index is 0.